The van der Waals surface area contributed by atoms with Crippen molar-refractivity contribution < 1.29 is 5.11 Å². The van der Waals surface area contributed by atoms with Crippen molar-refractivity contribution in [2.75, 3.05) is 12.4 Å². The molecule has 110 valence electrons. The van der Waals surface area contributed by atoms with Gasteiger partial charge >= 0.3 is 0 Å². The van der Waals surface area contributed by atoms with Gasteiger partial charge in [0.15, 0.2) is 0 Å². The molecule has 0 spiro atoms. The van der Waals surface area contributed by atoms with E-state index in [4.69, 9.17) is 0 Å². The van der Waals surface area contributed by atoms with Crippen molar-refractivity contribution in [2.45, 2.75) is 30.6 Å². The van der Waals surface area contributed by atoms with Gasteiger partial charge in [-0.2, -0.15) is 0 Å². The molecular weight excluding hydrogens is 276 g/mol. The van der Waals surface area contributed by atoms with Crippen LogP contribution >= 0.6 is 11.8 Å². The molecule has 0 saturated heterocycles. The topological polar surface area (TPSA) is 20.2 Å². The molecule has 1 N–H and O–H groups in total. The van der Waals surface area contributed by atoms with Crippen LogP contribution in [0.4, 0.5) is 0 Å². The molecule has 2 heteroatoms. The molecule has 1 aliphatic rings. The number of fused-ring (bicyclic) bond motifs is 1. The van der Waals surface area contributed by atoms with Crippen LogP contribution in [0.1, 0.15) is 29.0 Å². The van der Waals surface area contributed by atoms with Crippen LogP contribution in [0, 0.1) is 12.8 Å². The zero-order valence-electron chi connectivity index (χ0n) is 12.5. The fourth-order valence-corrected chi connectivity index (χ4v) is 4.47. The van der Waals surface area contributed by atoms with Gasteiger partial charge < -0.3 is 5.11 Å². The summed E-state index contributed by atoms with van der Waals surface area (Å²) in [5, 5.41) is 9.78. The van der Waals surface area contributed by atoms with Crippen LogP contribution < -0.4 is 0 Å². The number of hydrogen-bond acceptors (Lipinski definition) is 2. The normalized spacial score (nSPS) is 18.5. The molecule has 2 aromatic carbocycles. The number of benzene rings is 2. The summed E-state index contributed by atoms with van der Waals surface area (Å²) in [6, 6.07) is 17.2. The molecule has 3 rings (SSSR count). The lowest BCUT2D eigenvalue weighted by atomic mass is 9.86. The summed E-state index contributed by atoms with van der Waals surface area (Å²) >= 11 is 1.96. The van der Waals surface area contributed by atoms with E-state index in [9.17, 15) is 5.11 Å². The third-order valence-electron chi connectivity index (χ3n) is 4.44. The van der Waals surface area contributed by atoms with E-state index in [0.29, 0.717) is 11.8 Å². The van der Waals surface area contributed by atoms with E-state index >= 15 is 0 Å². The molecule has 2 aromatic rings. The first kappa shape index (κ1) is 14.7. The Balaban J connectivity index is 1.70. The minimum absolute atomic E-state index is 0.275. The maximum absolute atomic E-state index is 9.78. The molecular formula is C19H22OS. The SMILES string of the molecule is Cc1ccccc1CC(CO)CC1CSc2ccccc21. The zero-order valence-corrected chi connectivity index (χ0v) is 13.3. The van der Waals surface area contributed by atoms with E-state index in [0.717, 1.165) is 18.6 Å². The molecule has 0 radical (unpaired) electrons. The largest absolute Gasteiger partial charge is 0.396 e. The molecule has 2 atom stereocenters. The molecule has 0 aromatic heterocycles. The van der Waals surface area contributed by atoms with Crippen LogP contribution in [0.2, 0.25) is 0 Å². The van der Waals surface area contributed by atoms with Gasteiger partial charge in [0.1, 0.15) is 0 Å². The maximum atomic E-state index is 9.78. The average Bonchev–Trinajstić information content (AvgIpc) is 2.92. The Morgan fingerprint density at radius 2 is 1.90 bits per heavy atom. The Morgan fingerprint density at radius 1 is 1.14 bits per heavy atom. The molecule has 0 saturated carbocycles. The summed E-state index contributed by atoms with van der Waals surface area (Å²) in [6.45, 7) is 2.43. The summed E-state index contributed by atoms with van der Waals surface area (Å²) in [5.41, 5.74) is 4.18. The van der Waals surface area contributed by atoms with Gasteiger partial charge in [-0.15, -0.1) is 11.8 Å². The van der Waals surface area contributed by atoms with Gasteiger partial charge in [0, 0.05) is 17.3 Å². The Labute approximate surface area is 131 Å². The lowest BCUT2D eigenvalue weighted by Crippen LogP contribution is -2.15. The van der Waals surface area contributed by atoms with Crippen molar-refractivity contribution in [3.63, 3.8) is 0 Å². The molecule has 1 aliphatic heterocycles. The smallest absolute Gasteiger partial charge is 0.0462 e. The van der Waals surface area contributed by atoms with Crippen LogP contribution in [0.5, 0.6) is 0 Å². The quantitative estimate of drug-likeness (QED) is 0.881. The first-order valence-electron chi connectivity index (χ1n) is 7.65. The van der Waals surface area contributed by atoms with Gasteiger partial charge in [-0.05, 0) is 54.4 Å². The number of thioether (sulfide) groups is 1. The minimum atomic E-state index is 0.275. The monoisotopic (exact) mass is 298 g/mol. The number of aliphatic hydroxyl groups is 1. The van der Waals surface area contributed by atoms with Crippen LogP contribution in [-0.4, -0.2) is 17.5 Å². The van der Waals surface area contributed by atoms with Gasteiger partial charge in [-0.25, -0.2) is 0 Å². The third kappa shape index (κ3) is 3.33. The molecule has 0 bridgehead atoms. The summed E-state index contributed by atoms with van der Waals surface area (Å²) in [6.07, 6.45) is 2.06. The van der Waals surface area contributed by atoms with Crippen molar-refractivity contribution >= 4 is 11.8 Å². The van der Waals surface area contributed by atoms with Crippen LogP contribution in [0.15, 0.2) is 53.4 Å². The van der Waals surface area contributed by atoms with Crippen LogP contribution in [0.25, 0.3) is 0 Å². The lowest BCUT2D eigenvalue weighted by Gasteiger charge is -2.20. The highest BCUT2D eigenvalue weighted by Gasteiger charge is 2.25. The predicted molar refractivity (Wildman–Crippen MR) is 90.0 cm³/mol. The highest BCUT2D eigenvalue weighted by atomic mass is 32.2. The number of hydrogen-bond donors (Lipinski definition) is 1. The van der Waals surface area contributed by atoms with Gasteiger partial charge in [-0.1, -0.05) is 42.5 Å². The Morgan fingerprint density at radius 3 is 2.71 bits per heavy atom. The van der Waals surface area contributed by atoms with E-state index in [1.54, 1.807) is 0 Å². The van der Waals surface area contributed by atoms with Crippen molar-refractivity contribution in [3.05, 3.63) is 65.2 Å². The number of aliphatic hydroxyl groups excluding tert-OH is 1. The summed E-state index contributed by atoms with van der Waals surface area (Å²) in [4.78, 5) is 1.43. The van der Waals surface area contributed by atoms with Crippen molar-refractivity contribution in [1.82, 2.24) is 0 Å². The van der Waals surface area contributed by atoms with Gasteiger partial charge in [0.05, 0.1) is 0 Å². The Bertz CT molecular complexity index is 608. The van der Waals surface area contributed by atoms with Crippen molar-refractivity contribution in [2.24, 2.45) is 5.92 Å². The molecule has 21 heavy (non-hydrogen) atoms. The number of rotatable bonds is 5. The van der Waals surface area contributed by atoms with E-state index < -0.39 is 0 Å². The molecule has 2 unspecified atom stereocenters. The zero-order chi connectivity index (χ0) is 14.7. The van der Waals surface area contributed by atoms with Crippen LogP contribution in [-0.2, 0) is 6.42 Å². The van der Waals surface area contributed by atoms with E-state index in [-0.39, 0.29) is 6.61 Å². The second-order valence-electron chi connectivity index (χ2n) is 5.96. The van der Waals surface area contributed by atoms with Gasteiger partial charge in [-0.3, -0.25) is 0 Å². The molecule has 0 aliphatic carbocycles. The first-order chi connectivity index (χ1) is 10.3. The van der Waals surface area contributed by atoms with E-state index in [1.165, 1.54) is 21.6 Å². The fourth-order valence-electron chi connectivity index (χ4n) is 3.20. The summed E-state index contributed by atoms with van der Waals surface area (Å²) in [5.74, 6) is 2.10. The molecule has 0 amide bonds. The third-order valence-corrected chi connectivity index (χ3v) is 5.70. The fraction of sp³-hybridized carbons (Fsp3) is 0.368. The van der Waals surface area contributed by atoms with Gasteiger partial charge in [0.2, 0.25) is 0 Å². The standard InChI is InChI=1S/C19H22OS/c1-14-6-2-3-7-16(14)10-15(12-20)11-17-13-21-19-9-5-4-8-18(17)19/h2-9,15,17,20H,10-13H2,1H3. The minimum Gasteiger partial charge on any atom is -0.396 e. The highest BCUT2D eigenvalue weighted by molar-refractivity contribution is 7.99. The molecule has 0 fully saturated rings. The maximum Gasteiger partial charge on any atom is 0.0462 e. The average molecular weight is 298 g/mol. The van der Waals surface area contributed by atoms with Crippen molar-refractivity contribution in [3.8, 4) is 0 Å². The van der Waals surface area contributed by atoms with Gasteiger partial charge in [0.25, 0.3) is 0 Å². The van der Waals surface area contributed by atoms with Crippen LogP contribution in [0.3, 0.4) is 0 Å². The number of aryl methyl sites for hydroxylation is 1. The van der Waals surface area contributed by atoms with E-state index in [1.807, 2.05) is 11.8 Å². The predicted octanol–water partition coefficient (Wildman–Crippen LogP) is 4.43. The Hall–Kier alpha value is -1.25. The first-order valence-corrected chi connectivity index (χ1v) is 8.63. The summed E-state index contributed by atoms with van der Waals surface area (Å²) in [7, 11) is 0. The lowest BCUT2D eigenvalue weighted by molar-refractivity contribution is 0.212. The Kier molecular flexibility index (Phi) is 4.67. The molecule has 1 heterocycles. The second kappa shape index (κ2) is 6.67. The van der Waals surface area contributed by atoms with E-state index in [2.05, 4.69) is 55.5 Å². The van der Waals surface area contributed by atoms with Crippen molar-refractivity contribution in [1.29, 1.82) is 0 Å². The molecule has 1 nitrogen and oxygen atoms in total. The highest BCUT2D eigenvalue weighted by Crippen LogP contribution is 2.42. The second-order valence-corrected chi connectivity index (χ2v) is 7.02. The summed E-state index contributed by atoms with van der Waals surface area (Å²) < 4.78 is 0.